The molecule has 0 unspecified atom stereocenters. The van der Waals surface area contributed by atoms with Crippen molar-refractivity contribution in [2.24, 2.45) is 0 Å². The molecule has 40 heavy (non-hydrogen) atoms. The van der Waals surface area contributed by atoms with E-state index in [-0.39, 0.29) is 37.3 Å². The first kappa shape index (κ1) is 27.7. The lowest BCUT2D eigenvalue weighted by molar-refractivity contribution is -0.141. The van der Waals surface area contributed by atoms with Crippen molar-refractivity contribution in [3.8, 4) is 28.4 Å². The second-order valence-corrected chi connectivity index (χ2v) is 10.3. The van der Waals surface area contributed by atoms with Crippen molar-refractivity contribution in [3.05, 3.63) is 76.3 Å². The summed E-state index contributed by atoms with van der Waals surface area (Å²) < 4.78 is 33.5. The molecule has 0 saturated heterocycles. The number of carbonyl (C=O) groups excluding carboxylic acids is 2. The maximum absolute atomic E-state index is 13.6. The van der Waals surface area contributed by atoms with Crippen molar-refractivity contribution in [1.82, 2.24) is 0 Å². The van der Waals surface area contributed by atoms with E-state index in [9.17, 15) is 9.59 Å². The third kappa shape index (κ3) is 5.05. The first-order valence-electron chi connectivity index (χ1n) is 13.2. The standard InChI is InChI=1S/C32H34O8/c1-19-11-27-30(31(34)32(40-27,17-35-3)18-36-4)20(2)29(19)22-8-6-7-21(12-22)15-38-24-9-10-25-23(13-28(33)37-5)16-39-26(25)14-24/h6-12,14,23H,13,15-18H2,1-5H3/t23-/m1/s1. The van der Waals surface area contributed by atoms with Crippen LogP contribution in [0.25, 0.3) is 11.1 Å². The summed E-state index contributed by atoms with van der Waals surface area (Å²) in [5.74, 6) is 1.58. The van der Waals surface area contributed by atoms with Gasteiger partial charge in [-0.1, -0.05) is 24.3 Å². The molecule has 8 nitrogen and oxygen atoms in total. The van der Waals surface area contributed by atoms with E-state index in [0.717, 1.165) is 39.1 Å². The van der Waals surface area contributed by atoms with Crippen LogP contribution < -0.4 is 14.2 Å². The van der Waals surface area contributed by atoms with E-state index in [1.807, 2.05) is 56.3 Å². The predicted molar refractivity (Wildman–Crippen MR) is 148 cm³/mol. The maximum atomic E-state index is 13.6. The highest BCUT2D eigenvalue weighted by Gasteiger charge is 2.49. The molecule has 0 radical (unpaired) electrons. The van der Waals surface area contributed by atoms with E-state index in [0.29, 0.717) is 30.3 Å². The summed E-state index contributed by atoms with van der Waals surface area (Å²) in [6, 6.07) is 15.7. The van der Waals surface area contributed by atoms with E-state index >= 15 is 0 Å². The molecule has 2 heterocycles. The Labute approximate surface area is 234 Å². The average molecular weight is 547 g/mol. The molecule has 0 aromatic heterocycles. The molecular formula is C32H34O8. The van der Waals surface area contributed by atoms with E-state index in [2.05, 4.69) is 6.07 Å². The fraction of sp³-hybridized carbons (Fsp3) is 0.375. The summed E-state index contributed by atoms with van der Waals surface area (Å²) in [6.45, 7) is 4.99. The number of carbonyl (C=O) groups is 2. The highest BCUT2D eigenvalue weighted by molar-refractivity contribution is 6.10. The quantitative estimate of drug-likeness (QED) is 0.321. The SMILES string of the molecule is COCC1(COC)Oc2cc(C)c(-c3cccc(COc4ccc5c(c4)OC[C@H]5CC(=O)OC)c3)c(C)c2C1=O. The van der Waals surface area contributed by atoms with Crippen LogP contribution in [0.4, 0.5) is 0 Å². The molecular weight excluding hydrogens is 512 g/mol. The number of hydrogen-bond acceptors (Lipinski definition) is 8. The second-order valence-electron chi connectivity index (χ2n) is 10.3. The van der Waals surface area contributed by atoms with Gasteiger partial charge in [0.2, 0.25) is 11.4 Å². The number of fused-ring (bicyclic) bond motifs is 2. The normalized spacial score (nSPS) is 16.6. The summed E-state index contributed by atoms with van der Waals surface area (Å²) >= 11 is 0. The van der Waals surface area contributed by atoms with Gasteiger partial charge in [0, 0.05) is 31.8 Å². The number of esters is 1. The number of ketones is 1. The zero-order valence-corrected chi connectivity index (χ0v) is 23.5. The molecule has 8 heteroatoms. The van der Waals surface area contributed by atoms with Gasteiger partial charge in [-0.2, -0.15) is 0 Å². The van der Waals surface area contributed by atoms with Crippen LogP contribution in [0.2, 0.25) is 0 Å². The van der Waals surface area contributed by atoms with Crippen molar-refractivity contribution in [3.63, 3.8) is 0 Å². The monoisotopic (exact) mass is 546 g/mol. The fourth-order valence-corrected chi connectivity index (χ4v) is 5.72. The van der Waals surface area contributed by atoms with Crippen molar-refractivity contribution < 1.29 is 38.0 Å². The first-order chi connectivity index (χ1) is 19.3. The number of aryl methyl sites for hydroxylation is 1. The molecule has 1 atom stereocenters. The molecule has 0 bridgehead atoms. The van der Waals surface area contributed by atoms with Gasteiger partial charge in [-0.05, 0) is 59.9 Å². The third-order valence-corrected chi connectivity index (χ3v) is 7.57. The molecule has 5 rings (SSSR count). The summed E-state index contributed by atoms with van der Waals surface area (Å²) in [5, 5.41) is 0. The number of hydrogen-bond donors (Lipinski definition) is 0. The molecule has 210 valence electrons. The van der Waals surface area contributed by atoms with Crippen LogP contribution in [0.3, 0.4) is 0 Å². The number of ether oxygens (including phenoxy) is 6. The summed E-state index contributed by atoms with van der Waals surface area (Å²) in [4.78, 5) is 25.3. The van der Waals surface area contributed by atoms with Gasteiger partial charge in [-0.25, -0.2) is 0 Å². The number of rotatable bonds is 10. The lowest BCUT2D eigenvalue weighted by Crippen LogP contribution is -2.48. The van der Waals surface area contributed by atoms with Crippen LogP contribution in [-0.4, -0.2) is 58.5 Å². The molecule has 0 saturated carbocycles. The van der Waals surface area contributed by atoms with Gasteiger partial charge in [0.15, 0.2) is 0 Å². The van der Waals surface area contributed by atoms with Crippen molar-refractivity contribution >= 4 is 11.8 Å². The summed E-state index contributed by atoms with van der Waals surface area (Å²) in [5.41, 5.74) is 5.21. The van der Waals surface area contributed by atoms with Crippen LogP contribution in [0.5, 0.6) is 17.2 Å². The van der Waals surface area contributed by atoms with Crippen molar-refractivity contribution in [2.75, 3.05) is 41.2 Å². The Kier molecular flexibility index (Phi) is 7.83. The number of benzene rings is 3. The van der Waals surface area contributed by atoms with E-state index in [1.54, 1.807) is 14.2 Å². The topological polar surface area (TPSA) is 89.5 Å². The highest BCUT2D eigenvalue weighted by atomic mass is 16.6. The molecule has 2 aliphatic heterocycles. The fourth-order valence-electron chi connectivity index (χ4n) is 5.72. The van der Waals surface area contributed by atoms with E-state index in [1.165, 1.54) is 7.11 Å². The van der Waals surface area contributed by atoms with Crippen molar-refractivity contribution in [1.29, 1.82) is 0 Å². The lowest BCUT2D eigenvalue weighted by Gasteiger charge is -2.25. The Bertz CT molecular complexity index is 1440. The molecule has 0 fully saturated rings. The molecule has 0 N–H and O–H groups in total. The average Bonchev–Trinajstić information content (AvgIpc) is 3.45. The summed E-state index contributed by atoms with van der Waals surface area (Å²) in [7, 11) is 4.49. The molecule has 3 aromatic rings. The zero-order valence-electron chi connectivity index (χ0n) is 23.5. The van der Waals surface area contributed by atoms with Gasteiger partial charge < -0.3 is 28.4 Å². The summed E-state index contributed by atoms with van der Waals surface area (Å²) in [6.07, 6.45) is 0.287. The van der Waals surface area contributed by atoms with Crippen molar-refractivity contribution in [2.45, 2.75) is 38.4 Å². The Morgan fingerprint density at radius 3 is 2.48 bits per heavy atom. The van der Waals surface area contributed by atoms with Gasteiger partial charge in [-0.15, -0.1) is 0 Å². The van der Waals surface area contributed by atoms with Gasteiger partial charge in [0.1, 0.15) is 23.9 Å². The largest absolute Gasteiger partial charge is 0.492 e. The van der Waals surface area contributed by atoms with Crippen LogP contribution >= 0.6 is 0 Å². The van der Waals surface area contributed by atoms with E-state index in [4.69, 9.17) is 28.4 Å². The lowest BCUT2D eigenvalue weighted by atomic mass is 9.87. The minimum absolute atomic E-state index is 0.0154. The van der Waals surface area contributed by atoms with Crippen LogP contribution in [-0.2, 0) is 25.6 Å². The van der Waals surface area contributed by atoms with Gasteiger partial charge in [0.25, 0.3) is 0 Å². The second kappa shape index (κ2) is 11.3. The van der Waals surface area contributed by atoms with Crippen LogP contribution in [0.15, 0.2) is 48.5 Å². The smallest absolute Gasteiger partial charge is 0.306 e. The van der Waals surface area contributed by atoms with Gasteiger partial charge >= 0.3 is 5.97 Å². The first-order valence-corrected chi connectivity index (χ1v) is 13.2. The number of Topliss-reactive ketones (excluding diaryl/α,β-unsaturated/α-hetero) is 1. The molecule has 3 aromatic carbocycles. The zero-order chi connectivity index (χ0) is 28.4. The van der Waals surface area contributed by atoms with Crippen LogP contribution in [0.1, 0.15) is 45.0 Å². The Morgan fingerprint density at radius 2 is 1.75 bits per heavy atom. The highest BCUT2D eigenvalue weighted by Crippen LogP contribution is 2.43. The van der Waals surface area contributed by atoms with Gasteiger partial charge in [0.05, 0.1) is 38.9 Å². The Morgan fingerprint density at radius 1 is 0.975 bits per heavy atom. The maximum Gasteiger partial charge on any atom is 0.306 e. The molecule has 2 aliphatic rings. The molecule has 0 spiro atoms. The molecule has 0 amide bonds. The molecule has 0 aliphatic carbocycles. The predicted octanol–water partition coefficient (Wildman–Crippen LogP) is 5.20. The van der Waals surface area contributed by atoms with Crippen LogP contribution in [0, 0.1) is 13.8 Å². The number of methoxy groups -OCH3 is 3. The minimum Gasteiger partial charge on any atom is -0.492 e. The minimum atomic E-state index is -1.18. The Hall–Kier alpha value is -3.88. The third-order valence-electron chi connectivity index (χ3n) is 7.57. The van der Waals surface area contributed by atoms with E-state index < -0.39 is 5.60 Å². The van der Waals surface area contributed by atoms with Gasteiger partial charge in [-0.3, -0.25) is 9.59 Å². The Balaban J connectivity index is 1.36.